The van der Waals surface area contributed by atoms with Gasteiger partial charge in [0.05, 0.1) is 0 Å². The monoisotopic (exact) mass is 214 g/mol. The van der Waals surface area contributed by atoms with Crippen molar-refractivity contribution in [2.24, 2.45) is 11.8 Å². The summed E-state index contributed by atoms with van der Waals surface area (Å²) in [5.74, 6) is 2.01. The van der Waals surface area contributed by atoms with E-state index in [4.69, 9.17) is 0 Å². The molecule has 0 heterocycles. The molecule has 0 aromatic heterocycles. The van der Waals surface area contributed by atoms with Gasteiger partial charge < -0.3 is 0 Å². The first-order valence-electron chi connectivity index (χ1n) is 7.00. The molecule has 0 amide bonds. The molecule has 3 rings (SSSR count). The summed E-state index contributed by atoms with van der Waals surface area (Å²) in [5.41, 5.74) is 3.28. The molecule has 0 nitrogen and oxygen atoms in total. The third-order valence-electron chi connectivity index (χ3n) is 4.70. The van der Waals surface area contributed by atoms with Gasteiger partial charge in [-0.1, -0.05) is 49.9 Å². The number of hydrogen-bond acceptors (Lipinski definition) is 0. The second-order valence-electron chi connectivity index (χ2n) is 5.67. The van der Waals surface area contributed by atoms with E-state index in [1.165, 1.54) is 51.4 Å². The van der Waals surface area contributed by atoms with Crippen molar-refractivity contribution >= 4 is 0 Å². The van der Waals surface area contributed by atoms with Gasteiger partial charge in [0.25, 0.3) is 0 Å². The highest BCUT2D eigenvalue weighted by atomic mass is 14.3. The van der Waals surface area contributed by atoms with Gasteiger partial charge in [0.15, 0.2) is 0 Å². The van der Waals surface area contributed by atoms with E-state index >= 15 is 0 Å². The van der Waals surface area contributed by atoms with Crippen molar-refractivity contribution in [1.82, 2.24) is 0 Å². The van der Waals surface area contributed by atoms with Crippen molar-refractivity contribution in [3.05, 3.63) is 35.4 Å². The maximum absolute atomic E-state index is 2.36. The van der Waals surface area contributed by atoms with Gasteiger partial charge in [-0.25, -0.2) is 0 Å². The van der Waals surface area contributed by atoms with E-state index in [1.54, 1.807) is 11.1 Å². The van der Waals surface area contributed by atoms with Crippen LogP contribution in [0.3, 0.4) is 0 Å². The Labute approximate surface area is 99.1 Å². The molecule has 0 aliphatic heterocycles. The van der Waals surface area contributed by atoms with Crippen molar-refractivity contribution in [3.8, 4) is 0 Å². The van der Waals surface area contributed by atoms with Crippen LogP contribution in [-0.4, -0.2) is 0 Å². The van der Waals surface area contributed by atoms with Crippen LogP contribution in [0.2, 0.25) is 0 Å². The average Bonchev–Trinajstić information content (AvgIpc) is 2.61. The third kappa shape index (κ3) is 2.03. The summed E-state index contributed by atoms with van der Waals surface area (Å²) in [6, 6.07) is 9.14. The predicted molar refractivity (Wildman–Crippen MR) is 68.5 cm³/mol. The Kier molecular flexibility index (Phi) is 2.99. The summed E-state index contributed by atoms with van der Waals surface area (Å²) in [4.78, 5) is 0. The molecule has 0 heteroatoms. The Bertz CT molecular complexity index is 353. The van der Waals surface area contributed by atoms with Crippen molar-refractivity contribution in [2.75, 3.05) is 0 Å². The minimum absolute atomic E-state index is 0.992. The molecule has 0 bridgehead atoms. The predicted octanol–water partition coefficient (Wildman–Crippen LogP) is 4.37. The first-order valence-corrected chi connectivity index (χ1v) is 7.00. The highest BCUT2D eigenvalue weighted by Gasteiger charge is 2.26. The SMILES string of the molecule is c1ccc2c(c1)CC[C@H]1CCCCC[C@@H]1C2. The fourth-order valence-corrected chi connectivity index (χ4v) is 3.73. The molecule has 86 valence electrons. The van der Waals surface area contributed by atoms with Crippen molar-refractivity contribution in [1.29, 1.82) is 0 Å². The normalized spacial score (nSPS) is 29.8. The number of aryl methyl sites for hydroxylation is 1. The average molecular weight is 214 g/mol. The maximum atomic E-state index is 2.36. The number of fused-ring (bicyclic) bond motifs is 2. The zero-order chi connectivity index (χ0) is 10.8. The lowest BCUT2D eigenvalue weighted by molar-refractivity contribution is 0.302. The molecule has 0 unspecified atom stereocenters. The molecule has 0 N–H and O–H groups in total. The van der Waals surface area contributed by atoms with Crippen LogP contribution in [0.15, 0.2) is 24.3 Å². The fourth-order valence-electron chi connectivity index (χ4n) is 3.73. The van der Waals surface area contributed by atoms with Crippen LogP contribution in [0.25, 0.3) is 0 Å². The summed E-state index contributed by atoms with van der Waals surface area (Å²) < 4.78 is 0. The largest absolute Gasteiger partial charge is 0.0620 e. The third-order valence-corrected chi connectivity index (χ3v) is 4.70. The molecular formula is C16H22. The van der Waals surface area contributed by atoms with E-state index in [9.17, 15) is 0 Å². The Morgan fingerprint density at radius 1 is 0.750 bits per heavy atom. The standard InChI is InChI=1S/C16H22/c1-2-6-13-10-11-14-7-4-5-9-16(14)12-15(13)8-3-1/h4-5,7,9,13,15H,1-3,6,8,10-12H2/t13-,15-/m1/s1. The summed E-state index contributed by atoms with van der Waals surface area (Å²) >= 11 is 0. The molecule has 1 aromatic rings. The smallest absolute Gasteiger partial charge is 0.0245 e. The van der Waals surface area contributed by atoms with Crippen LogP contribution in [-0.2, 0) is 12.8 Å². The van der Waals surface area contributed by atoms with E-state index in [0.29, 0.717) is 0 Å². The zero-order valence-electron chi connectivity index (χ0n) is 10.1. The van der Waals surface area contributed by atoms with Gasteiger partial charge in [-0.05, 0) is 48.6 Å². The number of benzene rings is 1. The summed E-state index contributed by atoms with van der Waals surface area (Å²) in [7, 11) is 0. The molecule has 2 aliphatic rings. The van der Waals surface area contributed by atoms with Crippen LogP contribution < -0.4 is 0 Å². The molecule has 0 saturated heterocycles. The Morgan fingerprint density at radius 3 is 2.38 bits per heavy atom. The summed E-state index contributed by atoms with van der Waals surface area (Å²) in [5, 5.41) is 0. The topological polar surface area (TPSA) is 0 Å². The van der Waals surface area contributed by atoms with Crippen molar-refractivity contribution in [2.45, 2.75) is 51.4 Å². The van der Waals surface area contributed by atoms with Gasteiger partial charge in [-0.15, -0.1) is 0 Å². The number of rotatable bonds is 0. The lowest BCUT2D eigenvalue weighted by Gasteiger charge is -2.22. The molecule has 1 saturated carbocycles. The van der Waals surface area contributed by atoms with Gasteiger partial charge in [0, 0.05) is 0 Å². The van der Waals surface area contributed by atoms with E-state index < -0.39 is 0 Å². The summed E-state index contributed by atoms with van der Waals surface area (Å²) in [6.07, 6.45) is 11.6. The second kappa shape index (κ2) is 4.61. The minimum atomic E-state index is 0.992. The Balaban J connectivity index is 1.85. The lowest BCUT2D eigenvalue weighted by Crippen LogP contribution is -2.14. The molecule has 0 radical (unpaired) electrons. The highest BCUT2D eigenvalue weighted by molar-refractivity contribution is 5.28. The van der Waals surface area contributed by atoms with Crippen LogP contribution in [0.5, 0.6) is 0 Å². The van der Waals surface area contributed by atoms with Gasteiger partial charge in [0.2, 0.25) is 0 Å². The van der Waals surface area contributed by atoms with Crippen LogP contribution in [0.1, 0.15) is 49.7 Å². The number of hydrogen-bond donors (Lipinski definition) is 0. The first-order chi connectivity index (χ1) is 7.93. The Hall–Kier alpha value is -0.780. The van der Waals surface area contributed by atoms with Gasteiger partial charge in [-0.3, -0.25) is 0 Å². The zero-order valence-corrected chi connectivity index (χ0v) is 10.1. The minimum Gasteiger partial charge on any atom is -0.0620 e. The maximum Gasteiger partial charge on any atom is -0.0245 e. The molecule has 16 heavy (non-hydrogen) atoms. The van der Waals surface area contributed by atoms with Gasteiger partial charge in [-0.2, -0.15) is 0 Å². The molecule has 1 fully saturated rings. The van der Waals surface area contributed by atoms with Crippen LogP contribution in [0, 0.1) is 11.8 Å². The quantitative estimate of drug-likeness (QED) is 0.601. The highest BCUT2D eigenvalue weighted by Crippen LogP contribution is 2.37. The fraction of sp³-hybridized carbons (Fsp3) is 0.625. The summed E-state index contributed by atoms with van der Waals surface area (Å²) in [6.45, 7) is 0. The molecule has 1 aromatic carbocycles. The van der Waals surface area contributed by atoms with E-state index in [0.717, 1.165) is 11.8 Å². The first kappa shape index (κ1) is 10.4. The van der Waals surface area contributed by atoms with Gasteiger partial charge >= 0.3 is 0 Å². The Morgan fingerprint density at radius 2 is 1.50 bits per heavy atom. The van der Waals surface area contributed by atoms with Gasteiger partial charge in [0.1, 0.15) is 0 Å². The van der Waals surface area contributed by atoms with Crippen molar-refractivity contribution < 1.29 is 0 Å². The molecular weight excluding hydrogens is 192 g/mol. The van der Waals surface area contributed by atoms with E-state index in [-0.39, 0.29) is 0 Å². The molecule has 0 spiro atoms. The van der Waals surface area contributed by atoms with E-state index in [1.807, 2.05) is 0 Å². The molecule has 2 aliphatic carbocycles. The molecule has 2 atom stereocenters. The van der Waals surface area contributed by atoms with Crippen molar-refractivity contribution in [3.63, 3.8) is 0 Å². The second-order valence-corrected chi connectivity index (χ2v) is 5.67. The van der Waals surface area contributed by atoms with E-state index in [2.05, 4.69) is 24.3 Å². The van der Waals surface area contributed by atoms with Crippen LogP contribution >= 0.6 is 0 Å². The van der Waals surface area contributed by atoms with Crippen LogP contribution in [0.4, 0.5) is 0 Å². The lowest BCUT2D eigenvalue weighted by atomic mass is 9.83.